The lowest BCUT2D eigenvalue weighted by atomic mass is 10.0. The average Bonchev–Trinajstić information content (AvgIpc) is 2.87. The van der Waals surface area contributed by atoms with Crippen molar-refractivity contribution >= 4 is 11.3 Å². The summed E-state index contributed by atoms with van der Waals surface area (Å²) in [5, 5.41) is 1.08. The summed E-state index contributed by atoms with van der Waals surface area (Å²) in [6.07, 6.45) is 3.57. The van der Waals surface area contributed by atoms with E-state index < -0.39 is 0 Å². The Bertz CT molecular complexity index is 565. The predicted octanol–water partition coefficient (Wildman–Crippen LogP) is 3.30. The number of rotatable bonds is 2. The van der Waals surface area contributed by atoms with Gasteiger partial charge in [-0.2, -0.15) is 0 Å². The molecule has 18 heavy (non-hydrogen) atoms. The van der Waals surface area contributed by atoms with E-state index in [0.29, 0.717) is 0 Å². The normalized spacial score (nSPS) is 15.7. The first kappa shape index (κ1) is 11.9. The summed E-state index contributed by atoms with van der Waals surface area (Å²) in [6, 6.07) is 6.39. The molecule has 2 nitrogen and oxygen atoms in total. The van der Waals surface area contributed by atoms with Crippen LogP contribution in [0.3, 0.4) is 0 Å². The highest BCUT2D eigenvalue weighted by Crippen LogP contribution is 2.33. The molecule has 0 bridgehead atoms. The first-order valence-corrected chi connectivity index (χ1v) is 7.28. The minimum Gasteiger partial charge on any atom is -0.318 e. The second kappa shape index (κ2) is 4.48. The fourth-order valence-corrected chi connectivity index (χ4v) is 3.83. The van der Waals surface area contributed by atoms with Gasteiger partial charge in [0.15, 0.2) is 0 Å². The van der Waals surface area contributed by atoms with E-state index in [1.165, 1.54) is 40.1 Å². The van der Waals surface area contributed by atoms with Crippen LogP contribution in [-0.4, -0.2) is 4.98 Å². The molecule has 0 amide bonds. The number of nitrogens with zero attached hydrogens (tertiary/aromatic N) is 1. The van der Waals surface area contributed by atoms with E-state index in [2.05, 4.69) is 32.0 Å². The van der Waals surface area contributed by atoms with Gasteiger partial charge in [-0.1, -0.05) is 23.8 Å². The van der Waals surface area contributed by atoms with Crippen molar-refractivity contribution in [2.45, 2.75) is 39.2 Å². The van der Waals surface area contributed by atoms with E-state index in [1.807, 2.05) is 0 Å². The fourth-order valence-electron chi connectivity index (χ4n) is 2.65. The maximum absolute atomic E-state index is 6.38. The standard InChI is InChI=1S/C15H18N2S/c1-9-6-7-11(10(2)8-9)14(16)15-17-12-4-3-5-13(12)18-15/h6-8,14H,3-5,16H2,1-2H3. The summed E-state index contributed by atoms with van der Waals surface area (Å²) in [6.45, 7) is 4.24. The molecule has 0 radical (unpaired) electrons. The van der Waals surface area contributed by atoms with Crippen LogP contribution in [0.1, 0.15) is 44.7 Å². The maximum atomic E-state index is 6.38. The van der Waals surface area contributed by atoms with Gasteiger partial charge >= 0.3 is 0 Å². The molecule has 1 atom stereocenters. The Balaban J connectivity index is 1.95. The van der Waals surface area contributed by atoms with Crippen molar-refractivity contribution in [3.05, 3.63) is 50.5 Å². The third-order valence-electron chi connectivity index (χ3n) is 3.64. The van der Waals surface area contributed by atoms with Crippen LogP contribution in [0.4, 0.5) is 0 Å². The number of hydrogen-bond donors (Lipinski definition) is 1. The molecule has 1 heterocycles. The zero-order valence-electron chi connectivity index (χ0n) is 10.9. The zero-order chi connectivity index (χ0) is 12.7. The Morgan fingerprint density at radius 2 is 2.11 bits per heavy atom. The van der Waals surface area contributed by atoms with Crippen LogP contribution >= 0.6 is 11.3 Å². The van der Waals surface area contributed by atoms with Gasteiger partial charge < -0.3 is 5.73 Å². The van der Waals surface area contributed by atoms with E-state index in [9.17, 15) is 0 Å². The van der Waals surface area contributed by atoms with Crippen molar-refractivity contribution in [3.8, 4) is 0 Å². The molecule has 3 rings (SSSR count). The van der Waals surface area contributed by atoms with Gasteiger partial charge in [-0.25, -0.2) is 4.98 Å². The highest BCUT2D eigenvalue weighted by atomic mass is 32.1. The lowest BCUT2D eigenvalue weighted by molar-refractivity contribution is 0.827. The van der Waals surface area contributed by atoms with Gasteiger partial charge in [0.25, 0.3) is 0 Å². The highest BCUT2D eigenvalue weighted by molar-refractivity contribution is 7.11. The van der Waals surface area contributed by atoms with Gasteiger partial charge in [0, 0.05) is 4.88 Å². The van der Waals surface area contributed by atoms with Crippen molar-refractivity contribution in [1.82, 2.24) is 4.98 Å². The molecule has 1 unspecified atom stereocenters. The number of thiazole rings is 1. The van der Waals surface area contributed by atoms with E-state index in [-0.39, 0.29) is 6.04 Å². The summed E-state index contributed by atoms with van der Waals surface area (Å²) >= 11 is 1.80. The second-order valence-electron chi connectivity index (χ2n) is 5.11. The fraction of sp³-hybridized carbons (Fsp3) is 0.400. The van der Waals surface area contributed by atoms with Gasteiger partial charge in [-0.3, -0.25) is 0 Å². The number of aromatic nitrogens is 1. The summed E-state index contributed by atoms with van der Waals surface area (Å²) in [5.41, 5.74) is 11.4. The van der Waals surface area contributed by atoms with Crippen LogP contribution < -0.4 is 5.73 Å². The van der Waals surface area contributed by atoms with Gasteiger partial charge in [-0.05, 0) is 44.2 Å². The molecule has 0 fully saturated rings. The molecular weight excluding hydrogens is 240 g/mol. The second-order valence-corrected chi connectivity index (χ2v) is 6.23. The summed E-state index contributed by atoms with van der Waals surface area (Å²) in [7, 11) is 0. The van der Waals surface area contributed by atoms with Crippen LogP contribution in [0.15, 0.2) is 18.2 Å². The Morgan fingerprint density at radius 1 is 1.28 bits per heavy atom. The molecule has 0 spiro atoms. The summed E-state index contributed by atoms with van der Waals surface area (Å²) in [4.78, 5) is 6.17. The van der Waals surface area contributed by atoms with Gasteiger partial charge in [0.05, 0.1) is 11.7 Å². The number of hydrogen-bond acceptors (Lipinski definition) is 3. The number of benzene rings is 1. The summed E-state index contributed by atoms with van der Waals surface area (Å²) < 4.78 is 0. The van der Waals surface area contributed by atoms with E-state index >= 15 is 0 Å². The average molecular weight is 258 g/mol. The van der Waals surface area contributed by atoms with Crippen LogP contribution in [0, 0.1) is 13.8 Å². The molecule has 1 aliphatic carbocycles. The van der Waals surface area contributed by atoms with Gasteiger partial charge in [-0.15, -0.1) is 11.3 Å². The lowest BCUT2D eigenvalue weighted by Crippen LogP contribution is -2.13. The van der Waals surface area contributed by atoms with Crippen LogP contribution in [-0.2, 0) is 12.8 Å². The first-order chi connectivity index (χ1) is 8.65. The maximum Gasteiger partial charge on any atom is 0.114 e. The summed E-state index contributed by atoms with van der Waals surface area (Å²) in [5.74, 6) is 0. The SMILES string of the molecule is Cc1ccc(C(N)c2nc3c(s2)CCC3)c(C)c1. The highest BCUT2D eigenvalue weighted by Gasteiger charge is 2.21. The lowest BCUT2D eigenvalue weighted by Gasteiger charge is -2.13. The first-order valence-electron chi connectivity index (χ1n) is 6.46. The minimum atomic E-state index is -0.0683. The molecule has 1 aromatic carbocycles. The smallest absolute Gasteiger partial charge is 0.114 e. The molecule has 2 N–H and O–H groups in total. The van der Waals surface area contributed by atoms with Gasteiger partial charge in [0.2, 0.25) is 0 Å². The van der Waals surface area contributed by atoms with Crippen LogP contribution in [0.2, 0.25) is 0 Å². The van der Waals surface area contributed by atoms with Crippen molar-refractivity contribution < 1.29 is 0 Å². The minimum absolute atomic E-state index is 0.0683. The van der Waals surface area contributed by atoms with Crippen molar-refractivity contribution in [2.24, 2.45) is 5.73 Å². The van der Waals surface area contributed by atoms with Crippen molar-refractivity contribution in [3.63, 3.8) is 0 Å². The van der Waals surface area contributed by atoms with Crippen molar-refractivity contribution in [2.75, 3.05) is 0 Å². The van der Waals surface area contributed by atoms with Crippen molar-refractivity contribution in [1.29, 1.82) is 0 Å². The molecule has 2 aromatic rings. The predicted molar refractivity (Wildman–Crippen MR) is 76.1 cm³/mol. The molecule has 0 saturated heterocycles. The van der Waals surface area contributed by atoms with Crippen LogP contribution in [0.25, 0.3) is 0 Å². The number of nitrogens with two attached hydrogens (primary N) is 1. The largest absolute Gasteiger partial charge is 0.318 e. The quantitative estimate of drug-likeness (QED) is 0.897. The molecular formula is C15H18N2S. The van der Waals surface area contributed by atoms with Gasteiger partial charge in [0.1, 0.15) is 5.01 Å². The molecule has 0 aliphatic heterocycles. The number of fused-ring (bicyclic) bond motifs is 1. The third kappa shape index (κ3) is 1.98. The van der Waals surface area contributed by atoms with E-state index in [4.69, 9.17) is 10.7 Å². The molecule has 1 aromatic heterocycles. The molecule has 0 saturated carbocycles. The van der Waals surface area contributed by atoms with E-state index in [1.54, 1.807) is 11.3 Å². The Hall–Kier alpha value is -1.19. The third-order valence-corrected chi connectivity index (χ3v) is 4.88. The monoisotopic (exact) mass is 258 g/mol. The molecule has 3 heteroatoms. The van der Waals surface area contributed by atoms with Crippen LogP contribution in [0.5, 0.6) is 0 Å². The molecule has 94 valence electrons. The molecule has 1 aliphatic rings. The Labute approximate surface area is 112 Å². The van der Waals surface area contributed by atoms with E-state index in [0.717, 1.165) is 11.4 Å². The Kier molecular flexibility index (Phi) is 2.96. The zero-order valence-corrected chi connectivity index (χ0v) is 11.7. The number of aryl methyl sites for hydroxylation is 4. The topological polar surface area (TPSA) is 38.9 Å². The Morgan fingerprint density at radius 3 is 2.83 bits per heavy atom.